The summed E-state index contributed by atoms with van der Waals surface area (Å²) in [4.78, 5) is 0. The molecule has 0 saturated carbocycles. The summed E-state index contributed by atoms with van der Waals surface area (Å²) in [6.45, 7) is 12.6. The molecule has 0 heteroatoms. The molecule has 1 unspecified atom stereocenters. The molecule has 0 amide bonds. The SMILES string of the molecule is C=CC(/[C]=C(\C)CCC)C(C)C. The zero-order valence-electron chi connectivity index (χ0n) is 8.85. The summed E-state index contributed by atoms with van der Waals surface area (Å²) in [7, 11) is 0. The Kier molecular flexibility index (Phi) is 5.79. The second-order valence-corrected chi connectivity index (χ2v) is 3.68. The zero-order chi connectivity index (χ0) is 9.56. The molecule has 12 heavy (non-hydrogen) atoms. The minimum atomic E-state index is 0.427. The molecule has 0 rings (SSSR count). The Balaban J connectivity index is 4.15. The monoisotopic (exact) mass is 165 g/mol. The second-order valence-electron chi connectivity index (χ2n) is 3.68. The van der Waals surface area contributed by atoms with E-state index in [4.69, 9.17) is 0 Å². The third kappa shape index (κ3) is 4.38. The van der Waals surface area contributed by atoms with Gasteiger partial charge in [-0.1, -0.05) is 38.8 Å². The van der Waals surface area contributed by atoms with Crippen molar-refractivity contribution in [2.75, 3.05) is 0 Å². The van der Waals surface area contributed by atoms with Crippen LogP contribution in [0.25, 0.3) is 0 Å². The maximum atomic E-state index is 3.82. The average Bonchev–Trinajstić information content (AvgIpc) is 2.00. The molecule has 0 aliphatic rings. The van der Waals surface area contributed by atoms with Gasteiger partial charge in [-0.25, -0.2) is 0 Å². The molecule has 0 aliphatic heterocycles. The van der Waals surface area contributed by atoms with E-state index in [1.54, 1.807) is 0 Å². The van der Waals surface area contributed by atoms with Crippen LogP contribution in [0.4, 0.5) is 0 Å². The fourth-order valence-corrected chi connectivity index (χ4v) is 1.23. The largest absolute Gasteiger partial charge is 0.102 e. The van der Waals surface area contributed by atoms with Crippen LogP contribution in [0.1, 0.15) is 40.5 Å². The highest BCUT2D eigenvalue weighted by atomic mass is 14.1. The summed E-state index contributed by atoms with van der Waals surface area (Å²) in [6.07, 6.45) is 7.83. The number of allylic oxidation sites excluding steroid dienone is 3. The zero-order valence-corrected chi connectivity index (χ0v) is 8.85. The van der Waals surface area contributed by atoms with E-state index in [1.807, 2.05) is 6.08 Å². The molecule has 0 nitrogen and oxygen atoms in total. The van der Waals surface area contributed by atoms with Gasteiger partial charge in [0.25, 0.3) is 0 Å². The summed E-state index contributed by atoms with van der Waals surface area (Å²) >= 11 is 0. The van der Waals surface area contributed by atoms with Gasteiger partial charge < -0.3 is 0 Å². The van der Waals surface area contributed by atoms with E-state index in [0.717, 1.165) is 6.42 Å². The predicted molar refractivity (Wildman–Crippen MR) is 55.9 cm³/mol. The van der Waals surface area contributed by atoms with Crippen LogP contribution in [0, 0.1) is 17.9 Å². The Morgan fingerprint density at radius 2 is 2.08 bits per heavy atom. The van der Waals surface area contributed by atoms with Gasteiger partial charge in [-0.05, 0) is 25.3 Å². The Labute approximate surface area is 77.4 Å². The van der Waals surface area contributed by atoms with Gasteiger partial charge in [-0.3, -0.25) is 0 Å². The lowest BCUT2D eigenvalue weighted by atomic mass is 9.93. The Bertz CT molecular complexity index is 151. The highest BCUT2D eigenvalue weighted by molar-refractivity contribution is 5.00. The van der Waals surface area contributed by atoms with Crippen LogP contribution in [0.3, 0.4) is 0 Å². The molecule has 0 heterocycles. The number of hydrogen-bond acceptors (Lipinski definition) is 0. The van der Waals surface area contributed by atoms with Gasteiger partial charge in [0, 0.05) is 5.92 Å². The highest BCUT2D eigenvalue weighted by Crippen LogP contribution is 2.16. The molecule has 69 valence electrons. The molecule has 0 fully saturated rings. The lowest BCUT2D eigenvalue weighted by molar-refractivity contribution is 0.534. The number of hydrogen-bond donors (Lipinski definition) is 0. The van der Waals surface area contributed by atoms with E-state index >= 15 is 0 Å². The summed E-state index contributed by atoms with van der Waals surface area (Å²) in [5.74, 6) is 1.05. The maximum absolute atomic E-state index is 3.82. The smallest absolute Gasteiger partial charge is 0.00407 e. The molecule has 0 aromatic heterocycles. The number of rotatable bonds is 5. The van der Waals surface area contributed by atoms with Crippen LogP contribution < -0.4 is 0 Å². The molecule has 0 aromatic carbocycles. The van der Waals surface area contributed by atoms with Crippen molar-refractivity contribution in [2.45, 2.75) is 40.5 Å². The summed E-state index contributed by atoms with van der Waals surface area (Å²) in [5, 5.41) is 0. The third-order valence-electron chi connectivity index (χ3n) is 2.01. The van der Waals surface area contributed by atoms with Crippen LogP contribution in [0.2, 0.25) is 0 Å². The lowest BCUT2D eigenvalue weighted by Crippen LogP contribution is -2.02. The van der Waals surface area contributed by atoms with Gasteiger partial charge in [0.2, 0.25) is 0 Å². The molecule has 0 bridgehead atoms. The van der Waals surface area contributed by atoms with Gasteiger partial charge in [0.15, 0.2) is 0 Å². The van der Waals surface area contributed by atoms with Crippen molar-refractivity contribution in [3.05, 3.63) is 24.3 Å². The van der Waals surface area contributed by atoms with Crippen LogP contribution >= 0.6 is 0 Å². The van der Waals surface area contributed by atoms with Crippen LogP contribution in [0.5, 0.6) is 0 Å². The first-order chi connectivity index (χ1) is 5.61. The third-order valence-corrected chi connectivity index (χ3v) is 2.01. The average molecular weight is 165 g/mol. The van der Waals surface area contributed by atoms with Crippen molar-refractivity contribution in [1.82, 2.24) is 0 Å². The van der Waals surface area contributed by atoms with Gasteiger partial charge in [-0.15, -0.1) is 6.58 Å². The molecular weight excluding hydrogens is 144 g/mol. The second kappa shape index (κ2) is 6.05. The highest BCUT2D eigenvalue weighted by Gasteiger charge is 2.05. The molecule has 0 saturated heterocycles. The Morgan fingerprint density at radius 3 is 2.42 bits per heavy atom. The van der Waals surface area contributed by atoms with E-state index in [-0.39, 0.29) is 0 Å². The molecule has 1 radical (unpaired) electrons. The Hall–Kier alpha value is -0.520. The predicted octanol–water partition coefficient (Wildman–Crippen LogP) is 3.99. The first kappa shape index (κ1) is 11.5. The van der Waals surface area contributed by atoms with Gasteiger partial charge in [0.1, 0.15) is 0 Å². The quantitative estimate of drug-likeness (QED) is 0.540. The summed E-state index contributed by atoms with van der Waals surface area (Å²) < 4.78 is 0. The van der Waals surface area contributed by atoms with Crippen molar-refractivity contribution in [1.29, 1.82) is 0 Å². The van der Waals surface area contributed by atoms with Gasteiger partial charge >= 0.3 is 0 Å². The van der Waals surface area contributed by atoms with Gasteiger partial charge in [-0.2, -0.15) is 0 Å². The van der Waals surface area contributed by atoms with Crippen molar-refractivity contribution < 1.29 is 0 Å². The molecule has 0 aromatic rings. The summed E-state index contributed by atoms with van der Waals surface area (Å²) in [6, 6.07) is 0. The molecule has 0 aliphatic carbocycles. The minimum absolute atomic E-state index is 0.427. The van der Waals surface area contributed by atoms with E-state index in [2.05, 4.69) is 40.3 Å². The van der Waals surface area contributed by atoms with E-state index in [9.17, 15) is 0 Å². The van der Waals surface area contributed by atoms with Crippen molar-refractivity contribution in [2.24, 2.45) is 11.8 Å². The minimum Gasteiger partial charge on any atom is -0.102 e. The van der Waals surface area contributed by atoms with E-state index in [0.29, 0.717) is 11.8 Å². The molecular formula is C12H21. The molecule has 0 spiro atoms. The maximum Gasteiger partial charge on any atom is 0.00407 e. The van der Waals surface area contributed by atoms with E-state index < -0.39 is 0 Å². The van der Waals surface area contributed by atoms with Gasteiger partial charge in [0.05, 0.1) is 0 Å². The fourth-order valence-electron chi connectivity index (χ4n) is 1.23. The van der Waals surface area contributed by atoms with Crippen molar-refractivity contribution in [3.8, 4) is 0 Å². The summed E-state index contributed by atoms with van der Waals surface area (Å²) in [5.41, 5.74) is 1.37. The molecule has 1 atom stereocenters. The van der Waals surface area contributed by atoms with Crippen molar-refractivity contribution in [3.63, 3.8) is 0 Å². The van der Waals surface area contributed by atoms with Crippen LogP contribution in [0.15, 0.2) is 18.2 Å². The normalized spacial score (nSPS) is 14.9. The first-order valence-corrected chi connectivity index (χ1v) is 4.83. The lowest BCUT2D eigenvalue weighted by Gasteiger charge is -2.12. The van der Waals surface area contributed by atoms with Crippen molar-refractivity contribution >= 4 is 0 Å². The van der Waals surface area contributed by atoms with Crippen LogP contribution in [-0.2, 0) is 0 Å². The first-order valence-electron chi connectivity index (χ1n) is 4.83. The topological polar surface area (TPSA) is 0 Å². The molecule has 0 N–H and O–H groups in total. The standard InChI is InChI=1S/C12H21/c1-6-8-11(5)9-12(7-2)10(3)4/h7,10,12H,2,6,8H2,1,3-5H3. The Morgan fingerprint density at radius 1 is 1.50 bits per heavy atom. The fraction of sp³-hybridized carbons (Fsp3) is 0.667. The van der Waals surface area contributed by atoms with Crippen LogP contribution in [-0.4, -0.2) is 0 Å². The van der Waals surface area contributed by atoms with E-state index in [1.165, 1.54) is 12.0 Å².